The third kappa shape index (κ3) is 5.24. The number of hydrogen-bond acceptors (Lipinski definition) is 5. The highest BCUT2D eigenvalue weighted by atomic mass is 32.2. The molecule has 0 saturated carbocycles. The molecule has 27 heavy (non-hydrogen) atoms. The van der Waals surface area contributed by atoms with Crippen molar-refractivity contribution < 1.29 is 27.9 Å². The van der Waals surface area contributed by atoms with Crippen molar-refractivity contribution in [3.63, 3.8) is 0 Å². The molecule has 2 rings (SSSR count). The number of benzene rings is 2. The van der Waals surface area contributed by atoms with E-state index in [0.29, 0.717) is 12.0 Å². The Hall–Kier alpha value is -3.00. The molecule has 0 aliphatic rings. The molecule has 2 aromatic carbocycles. The Morgan fingerprint density at radius 3 is 2.33 bits per heavy atom. The lowest BCUT2D eigenvalue weighted by atomic mass is 9.92. The van der Waals surface area contributed by atoms with E-state index in [4.69, 9.17) is 5.11 Å². The fourth-order valence-electron chi connectivity index (χ4n) is 2.61. The second-order valence-corrected chi connectivity index (χ2v) is 7.73. The van der Waals surface area contributed by atoms with Crippen LogP contribution < -0.4 is 4.72 Å². The standard InChI is InChI=1S/C19H19NO6S/c1-13(17-5-3-2-4-15(17)12-21)6-11-18(22)20-27(25,26)16-9-7-14(8-10-16)19(23)24/h2-5,7-10,12-13H,6,11H2,1H3,(H,20,22)(H,23,24). The normalized spacial score (nSPS) is 12.2. The number of carboxylic acid groups (broad SMARTS) is 1. The lowest BCUT2D eigenvalue weighted by Gasteiger charge is -2.14. The van der Waals surface area contributed by atoms with Crippen LogP contribution in [0.15, 0.2) is 53.4 Å². The van der Waals surface area contributed by atoms with E-state index in [0.717, 1.165) is 36.1 Å². The van der Waals surface area contributed by atoms with E-state index in [2.05, 4.69) is 0 Å². The highest BCUT2D eigenvalue weighted by Gasteiger charge is 2.19. The SMILES string of the molecule is CC(CCC(=O)NS(=O)(=O)c1ccc(C(=O)O)cc1)c1ccccc1C=O. The minimum absolute atomic E-state index is 0.0409. The number of aromatic carboxylic acids is 1. The molecule has 2 N–H and O–H groups in total. The summed E-state index contributed by atoms with van der Waals surface area (Å²) in [5, 5.41) is 8.84. The lowest BCUT2D eigenvalue weighted by Crippen LogP contribution is -2.30. The first-order valence-electron chi connectivity index (χ1n) is 8.17. The summed E-state index contributed by atoms with van der Waals surface area (Å²) in [4.78, 5) is 33.7. The molecule has 1 unspecified atom stereocenters. The third-order valence-electron chi connectivity index (χ3n) is 4.12. The Kier molecular flexibility index (Phi) is 6.46. The summed E-state index contributed by atoms with van der Waals surface area (Å²) < 4.78 is 26.4. The van der Waals surface area contributed by atoms with E-state index in [1.807, 2.05) is 11.6 Å². The molecular weight excluding hydrogens is 370 g/mol. The van der Waals surface area contributed by atoms with Gasteiger partial charge in [0.1, 0.15) is 6.29 Å². The quantitative estimate of drug-likeness (QED) is 0.670. The maximum absolute atomic E-state index is 12.2. The molecule has 142 valence electrons. The number of nitrogens with one attached hydrogen (secondary N) is 1. The van der Waals surface area contributed by atoms with Crippen LogP contribution in [-0.4, -0.2) is 31.7 Å². The summed E-state index contributed by atoms with van der Waals surface area (Å²) in [6.45, 7) is 1.86. The van der Waals surface area contributed by atoms with Gasteiger partial charge in [-0.2, -0.15) is 0 Å². The number of amides is 1. The topological polar surface area (TPSA) is 118 Å². The summed E-state index contributed by atoms with van der Waals surface area (Å²) in [5.41, 5.74) is 1.28. The summed E-state index contributed by atoms with van der Waals surface area (Å²) in [6, 6.07) is 11.6. The first-order chi connectivity index (χ1) is 12.7. The summed E-state index contributed by atoms with van der Waals surface area (Å²) in [6.07, 6.45) is 1.07. The van der Waals surface area contributed by atoms with Gasteiger partial charge in [-0.3, -0.25) is 9.59 Å². The second-order valence-electron chi connectivity index (χ2n) is 6.04. The smallest absolute Gasteiger partial charge is 0.335 e. The van der Waals surface area contributed by atoms with Gasteiger partial charge >= 0.3 is 5.97 Å². The molecule has 0 aromatic heterocycles. The van der Waals surface area contributed by atoms with E-state index >= 15 is 0 Å². The molecule has 0 bridgehead atoms. The first-order valence-corrected chi connectivity index (χ1v) is 9.66. The Morgan fingerprint density at radius 2 is 1.74 bits per heavy atom. The van der Waals surface area contributed by atoms with Gasteiger partial charge < -0.3 is 5.11 Å². The minimum atomic E-state index is -4.08. The average molecular weight is 389 g/mol. The monoisotopic (exact) mass is 389 g/mol. The van der Waals surface area contributed by atoms with Crippen molar-refractivity contribution in [3.8, 4) is 0 Å². The highest BCUT2D eigenvalue weighted by Crippen LogP contribution is 2.23. The highest BCUT2D eigenvalue weighted by molar-refractivity contribution is 7.90. The fourth-order valence-corrected chi connectivity index (χ4v) is 3.62. The first kappa shape index (κ1) is 20.3. The van der Waals surface area contributed by atoms with Crippen molar-refractivity contribution in [2.75, 3.05) is 0 Å². The van der Waals surface area contributed by atoms with Gasteiger partial charge in [0.05, 0.1) is 10.5 Å². The minimum Gasteiger partial charge on any atom is -0.478 e. The van der Waals surface area contributed by atoms with E-state index in [9.17, 15) is 22.8 Å². The van der Waals surface area contributed by atoms with Crippen molar-refractivity contribution in [1.82, 2.24) is 4.72 Å². The number of rotatable bonds is 8. The largest absolute Gasteiger partial charge is 0.478 e. The fraction of sp³-hybridized carbons (Fsp3) is 0.211. The number of carbonyl (C=O) groups excluding carboxylic acids is 2. The number of carboxylic acids is 1. The Morgan fingerprint density at radius 1 is 1.11 bits per heavy atom. The van der Waals surface area contributed by atoms with Crippen LogP contribution in [0.25, 0.3) is 0 Å². The molecule has 1 atom stereocenters. The molecule has 7 nitrogen and oxygen atoms in total. The third-order valence-corrected chi connectivity index (χ3v) is 5.51. The van der Waals surface area contributed by atoms with Crippen LogP contribution in [0.3, 0.4) is 0 Å². The van der Waals surface area contributed by atoms with Crippen LogP contribution in [-0.2, 0) is 14.8 Å². The van der Waals surface area contributed by atoms with Crippen molar-refractivity contribution in [1.29, 1.82) is 0 Å². The van der Waals surface area contributed by atoms with Crippen LogP contribution >= 0.6 is 0 Å². The van der Waals surface area contributed by atoms with Gasteiger partial charge in [-0.15, -0.1) is 0 Å². The lowest BCUT2D eigenvalue weighted by molar-refractivity contribution is -0.119. The van der Waals surface area contributed by atoms with E-state index in [1.54, 1.807) is 24.3 Å². The molecule has 8 heteroatoms. The van der Waals surface area contributed by atoms with Gasteiger partial charge in [-0.1, -0.05) is 31.2 Å². The van der Waals surface area contributed by atoms with Gasteiger partial charge in [0.2, 0.25) is 5.91 Å². The van der Waals surface area contributed by atoms with Crippen LogP contribution in [0.4, 0.5) is 0 Å². The van der Waals surface area contributed by atoms with Crippen LogP contribution in [0.1, 0.15) is 52.0 Å². The molecule has 0 fully saturated rings. The molecule has 0 radical (unpaired) electrons. The zero-order valence-electron chi connectivity index (χ0n) is 14.6. The van der Waals surface area contributed by atoms with Gasteiger partial charge in [-0.25, -0.2) is 17.9 Å². The van der Waals surface area contributed by atoms with Crippen molar-refractivity contribution in [2.45, 2.75) is 30.6 Å². The summed E-state index contributed by atoms with van der Waals surface area (Å²) in [7, 11) is -4.08. The van der Waals surface area contributed by atoms with Gasteiger partial charge in [0, 0.05) is 12.0 Å². The zero-order valence-corrected chi connectivity index (χ0v) is 15.4. The maximum atomic E-state index is 12.2. The Balaban J connectivity index is 2.00. The predicted molar refractivity (Wildman–Crippen MR) is 98.2 cm³/mol. The molecule has 0 aliphatic carbocycles. The van der Waals surface area contributed by atoms with Crippen LogP contribution in [0.5, 0.6) is 0 Å². The number of aldehydes is 1. The van der Waals surface area contributed by atoms with E-state index in [1.165, 1.54) is 0 Å². The Labute approximate surface area is 157 Å². The van der Waals surface area contributed by atoms with E-state index in [-0.39, 0.29) is 22.8 Å². The number of sulfonamides is 1. The summed E-state index contributed by atoms with van der Waals surface area (Å²) >= 11 is 0. The molecule has 0 heterocycles. The number of hydrogen-bond donors (Lipinski definition) is 2. The molecule has 0 spiro atoms. The van der Waals surface area contributed by atoms with Crippen molar-refractivity contribution >= 4 is 28.2 Å². The molecular formula is C19H19NO6S. The predicted octanol–water partition coefficient (Wildman–Crippen LogP) is 2.59. The van der Waals surface area contributed by atoms with Crippen molar-refractivity contribution in [3.05, 3.63) is 65.2 Å². The second kappa shape index (κ2) is 8.59. The zero-order chi connectivity index (χ0) is 20.0. The van der Waals surface area contributed by atoms with Crippen molar-refractivity contribution in [2.24, 2.45) is 0 Å². The molecule has 0 aliphatic heterocycles. The van der Waals surface area contributed by atoms with Gasteiger partial charge in [0.25, 0.3) is 10.0 Å². The maximum Gasteiger partial charge on any atom is 0.335 e. The van der Waals surface area contributed by atoms with Crippen LogP contribution in [0, 0.1) is 0 Å². The average Bonchev–Trinajstić information content (AvgIpc) is 2.65. The molecule has 0 saturated heterocycles. The molecule has 2 aromatic rings. The summed E-state index contributed by atoms with van der Waals surface area (Å²) in [5.74, 6) is -1.95. The van der Waals surface area contributed by atoms with Gasteiger partial charge in [0.15, 0.2) is 0 Å². The molecule has 1 amide bonds. The van der Waals surface area contributed by atoms with Crippen LogP contribution in [0.2, 0.25) is 0 Å². The Bertz CT molecular complexity index is 950. The van der Waals surface area contributed by atoms with E-state index < -0.39 is 21.9 Å². The van der Waals surface area contributed by atoms with Gasteiger partial charge in [-0.05, 0) is 42.2 Å². The number of carbonyl (C=O) groups is 3.